The zero-order chi connectivity index (χ0) is 14.8. The van der Waals surface area contributed by atoms with Crippen LogP contribution < -0.4 is 0 Å². The molecule has 2 saturated heterocycles. The maximum absolute atomic E-state index is 12.6. The van der Waals surface area contributed by atoms with E-state index in [-0.39, 0.29) is 11.8 Å². The van der Waals surface area contributed by atoms with Gasteiger partial charge in [-0.15, -0.1) is 0 Å². The van der Waals surface area contributed by atoms with Crippen molar-refractivity contribution in [3.8, 4) is 0 Å². The number of hydrogen-bond donors (Lipinski definition) is 0. The first kappa shape index (κ1) is 15.9. The molecule has 0 N–H and O–H groups in total. The predicted molar refractivity (Wildman–Crippen MR) is 82.6 cm³/mol. The van der Waals surface area contributed by atoms with Crippen molar-refractivity contribution < 1.29 is 13.2 Å². The van der Waals surface area contributed by atoms with Gasteiger partial charge in [0.05, 0.1) is 0 Å². The molecular weight excluding hydrogens is 296 g/mol. The molecule has 0 spiro atoms. The van der Waals surface area contributed by atoms with Gasteiger partial charge in [0.1, 0.15) is 5.37 Å². The van der Waals surface area contributed by atoms with Gasteiger partial charge in [-0.3, -0.25) is 0 Å². The molecule has 2 amide bonds. The average Bonchev–Trinajstić information content (AvgIpc) is 2.47. The van der Waals surface area contributed by atoms with Crippen LogP contribution in [0, 0.1) is 5.92 Å². The van der Waals surface area contributed by atoms with Crippen LogP contribution in [0.4, 0.5) is 4.79 Å². The van der Waals surface area contributed by atoms with Gasteiger partial charge in [0, 0.05) is 36.9 Å². The third-order valence-corrected chi connectivity index (χ3v) is 7.49. The van der Waals surface area contributed by atoms with Gasteiger partial charge in [-0.05, 0) is 18.8 Å². The Kier molecular flexibility index (Phi) is 5.23. The molecular formula is C13H24N2O3S2. The lowest BCUT2D eigenvalue weighted by Gasteiger charge is -2.40. The number of thioether (sulfide) groups is 1. The molecule has 2 aliphatic heterocycles. The van der Waals surface area contributed by atoms with Crippen LogP contribution in [0.25, 0.3) is 0 Å². The number of amides is 2. The Morgan fingerprint density at radius 1 is 1.25 bits per heavy atom. The molecule has 1 unspecified atom stereocenters. The van der Waals surface area contributed by atoms with E-state index in [1.165, 1.54) is 0 Å². The van der Waals surface area contributed by atoms with Crippen LogP contribution in [-0.2, 0) is 9.84 Å². The number of piperidine rings is 1. The highest BCUT2D eigenvalue weighted by molar-refractivity contribution is 8.01. The first-order valence-electron chi connectivity index (χ1n) is 7.30. The van der Waals surface area contributed by atoms with Gasteiger partial charge in [0.15, 0.2) is 9.84 Å². The van der Waals surface area contributed by atoms with Crippen molar-refractivity contribution >= 4 is 27.6 Å². The molecule has 2 heterocycles. The van der Waals surface area contributed by atoms with E-state index in [1.807, 2.05) is 4.90 Å². The van der Waals surface area contributed by atoms with Gasteiger partial charge in [-0.25, -0.2) is 13.2 Å². The molecule has 7 heteroatoms. The van der Waals surface area contributed by atoms with Crippen LogP contribution in [-0.4, -0.2) is 66.5 Å². The van der Waals surface area contributed by atoms with Gasteiger partial charge < -0.3 is 9.80 Å². The van der Waals surface area contributed by atoms with E-state index in [1.54, 1.807) is 23.6 Å². The average molecular weight is 320 g/mol. The van der Waals surface area contributed by atoms with Crippen molar-refractivity contribution in [3.63, 3.8) is 0 Å². The topological polar surface area (TPSA) is 57.7 Å². The fourth-order valence-electron chi connectivity index (χ4n) is 2.67. The monoisotopic (exact) mass is 320 g/mol. The molecule has 5 nitrogen and oxygen atoms in total. The van der Waals surface area contributed by atoms with Gasteiger partial charge in [-0.1, -0.05) is 13.8 Å². The number of urea groups is 1. The van der Waals surface area contributed by atoms with E-state index < -0.39 is 15.2 Å². The summed E-state index contributed by atoms with van der Waals surface area (Å²) in [6, 6.07) is -0.0841. The summed E-state index contributed by atoms with van der Waals surface area (Å²) >= 11 is 1.62. The number of carbonyl (C=O) groups excluding carboxylic acids is 1. The van der Waals surface area contributed by atoms with Gasteiger partial charge >= 0.3 is 6.03 Å². The summed E-state index contributed by atoms with van der Waals surface area (Å²) in [5.74, 6) is 2.09. The number of carbonyl (C=O) groups is 1. The first-order chi connectivity index (χ1) is 9.45. The molecule has 2 aliphatic rings. The van der Waals surface area contributed by atoms with Gasteiger partial charge in [-0.2, -0.15) is 11.8 Å². The van der Waals surface area contributed by atoms with Crippen molar-refractivity contribution in [1.29, 1.82) is 0 Å². The van der Waals surface area contributed by atoms with Gasteiger partial charge in [0.25, 0.3) is 0 Å². The lowest BCUT2D eigenvalue weighted by molar-refractivity contribution is 0.133. The molecule has 0 aromatic heterocycles. The smallest absolute Gasteiger partial charge is 0.321 e. The van der Waals surface area contributed by atoms with E-state index in [0.29, 0.717) is 18.2 Å². The Labute approximate surface area is 126 Å². The third-order valence-electron chi connectivity index (χ3n) is 4.20. The van der Waals surface area contributed by atoms with Crippen molar-refractivity contribution in [2.75, 3.05) is 36.9 Å². The Bertz CT molecular complexity index is 445. The zero-order valence-corrected chi connectivity index (χ0v) is 13.9. The van der Waals surface area contributed by atoms with Crippen LogP contribution in [0.1, 0.15) is 26.7 Å². The fourth-order valence-corrected chi connectivity index (χ4v) is 5.63. The highest BCUT2D eigenvalue weighted by Gasteiger charge is 2.38. The fraction of sp³-hybridized carbons (Fsp3) is 0.923. The molecule has 116 valence electrons. The highest BCUT2D eigenvalue weighted by atomic mass is 32.2. The molecule has 0 aromatic rings. The molecule has 2 fully saturated rings. The van der Waals surface area contributed by atoms with Crippen LogP contribution in [0.3, 0.4) is 0 Å². The third kappa shape index (κ3) is 3.42. The second-order valence-corrected chi connectivity index (χ2v) is 9.22. The number of sulfone groups is 1. The summed E-state index contributed by atoms with van der Waals surface area (Å²) in [4.78, 5) is 16.0. The molecule has 0 bridgehead atoms. The minimum Gasteiger partial charge on any atom is -0.325 e. The number of rotatable bonds is 2. The van der Waals surface area contributed by atoms with E-state index >= 15 is 0 Å². The Balaban J connectivity index is 2.10. The van der Waals surface area contributed by atoms with E-state index in [9.17, 15) is 13.2 Å². The van der Waals surface area contributed by atoms with Crippen LogP contribution in [0.2, 0.25) is 0 Å². The predicted octanol–water partition coefficient (Wildman–Crippen LogP) is 1.65. The van der Waals surface area contributed by atoms with Gasteiger partial charge in [0.2, 0.25) is 0 Å². The summed E-state index contributed by atoms with van der Waals surface area (Å²) in [6.07, 6.45) is 2.03. The number of hydrogen-bond acceptors (Lipinski definition) is 4. The molecule has 0 radical (unpaired) electrons. The Morgan fingerprint density at radius 3 is 2.50 bits per heavy atom. The van der Waals surface area contributed by atoms with Crippen molar-refractivity contribution in [2.45, 2.75) is 32.1 Å². The zero-order valence-electron chi connectivity index (χ0n) is 12.2. The summed E-state index contributed by atoms with van der Waals surface area (Å²) in [5.41, 5.74) is 0. The second kappa shape index (κ2) is 6.56. The SMILES string of the molecule is CCS(=O)(=O)C1CSCCN1C(=O)N1CCC(C)CC1. The molecule has 0 aromatic carbocycles. The molecule has 1 atom stereocenters. The van der Waals surface area contributed by atoms with Crippen molar-refractivity contribution in [2.24, 2.45) is 5.92 Å². The minimum absolute atomic E-state index is 0.0841. The summed E-state index contributed by atoms with van der Waals surface area (Å²) in [7, 11) is -3.21. The van der Waals surface area contributed by atoms with Crippen LogP contribution in [0.15, 0.2) is 0 Å². The largest absolute Gasteiger partial charge is 0.325 e. The van der Waals surface area contributed by atoms with Crippen LogP contribution in [0.5, 0.6) is 0 Å². The molecule has 0 saturated carbocycles. The minimum atomic E-state index is -3.21. The Hall–Kier alpha value is -0.430. The standard InChI is InChI=1S/C13H24N2O3S2/c1-3-20(17,18)12-10-19-9-8-15(12)13(16)14-6-4-11(2)5-7-14/h11-12H,3-10H2,1-2H3. The van der Waals surface area contributed by atoms with E-state index in [2.05, 4.69) is 6.92 Å². The maximum Gasteiger partial charge on any atom is 0.321 e. The summed E-state index contributed by atoms with van der Waals surface area (Å²) in [6.45, 7) is 5.90. The maximum atomic E-state index is 12.6. The highest BCUT2D eigenvalue weighted by Crippen LogP contribution is 2.24. The lowest BCUT2D eigenvalue weighted by atomic mass is 10.00. The lowest BCUT2D eigenvalue weighted by Crippen LogP contribution is -2.56. The first-order valence-corrected chi connectivity index (χ1v) is 10.2. The molecule has 20 heavy (non-hydrogen) atoms. The molecule has 2 rings (SSSR count). The van der Waals surface area contributed by atoms with Crippen LogP contribution >= 0.6 is 11.8 Å². The normalized spacial score (nSPS) is 25.8. The van der Waals surface area contributed by atoms with E-state index in [4.69, 9.17) is 0 Å². The summed E-state index contributed by atoms with van der Waals surface area (Å²) in [5, 5.41) is -0.641. The number of nitrogens with zero attached hydrogens (tertiary/aromatic N) is 2. The summed E-state index contributed by atoms with van der Waals surface area (Å²) < 4.78 is 24.4. The molecule has 0 aliphatic carbocycles. The second-order valence-electron chi connectivity index (χ2n) is 5.63. The quantitative estimate of drug-likeness (QED) is 0.776. The van der Waals surface area contributed by atoms with Crippen molar-refractivity contribution in [3.05, 3.63) is 0 Å². The van der Waals surface area contributed by atoms with Crippen molar-refractivity contribution in [1.82, 2.24) is 9.80 Å². The number of likely N-dealkylation sites (tertiary alicyclic amines) is 1. The van der Waals surface area contributed by atoms with E-state index in [0.717, 1.165) is 31.7 Å². The Morgan fingerprint density at radius 2 is 1.90 bits per heavy atom.